The summed E-state index contributed by atoms with van der Waals surface area (Å²) in [6.45, 7) is 8.06. The molecule has 1 N–H and O–H groups in total. The molecule has 3 atom stereocenters. The second kappa shape index (κ2) is 11.1. The number of amides is 1. The van der Waals surface area contributed by atoms with Crippen LogP contribution in [-0.2, 0) is 14.8 Å². The van der Waals surface area contributed by atoms with Crippen molar-refractivity contribution >= 4 is 15.9 Å². The van der Waals surface area contributed by atoms with Gasteiger partial charge in [-0.15, -0.1) is 0 Å². The first-order chi connectivity index (χ1) is 16.0. The number of benzene rings is 1. The largest absolute Gasteiger partial charge is 0.487 e. The quantitative estimate of drug-likeness (QED) is 0.594. The van der Waals surface area contributed by atoms with Gasteiger partial charge >= 0.3 is 0 Å². The van der Waals surface area contributed by atoms with Gasteiger partial charge in [0.1, 0.15) is 16.7 Å². The second-order valence-electron chi connectivity index (χ2n) is 10.2. The van der Waals surface area contributed by atoms with Gasteiger partial charge in [0.25, 0.3) is 0 Å². The van der Waals surface area contributed by atoms with Crippen molar-refractivity contribution in [2.45, 2.75) is 70.4 Å². The van der Waals surface area contributed by atoms with E-state index < -0.39 is 22.2 Å². The van der Waals surface area contributed by atoms with Gasteiger partial charge in [0.05, 0.1) is 13.2 Å². The summed E-state index contributed by atoms with van der Waals surface area (Å²) >= 11 is 0. The molecule has 1 amide bonds. The maximum Gasteiger partial charge on any atom is 0.247 e. The standard InChI is InChI=1S/C26H38N2O5S/c1-18(2)7-6-8-21-11-12-25-23(13-21)33-24(16-27(5)26(30)14-22-9-10-22)19(3)15-28(20(4)17-29)34(25,31)32/h11-13,18-20,22,24,29H,7,9-10,14-17H2,1-5H3/t19-,20+,24+/m0/s1. The van der Waals surface area contributed by atoms with Crippen molar-refractivity contribution in [3.63, 3.8) is 0 Å². The summed E-state index contributed by atoms with van der Waals surface area (Å²) in [7, 11) is -2.12. The number of nitrogens with zero attached hydrogens (tertiary/aromatic N) is 2. The lowest BCUT2D eigenvalue weighted by Gasteiger charge is -2.37. The molecule has 0 aromatic heterocycles. The van der Waals surface area contributed by atoms with Crippen molar-refractivity contribution in [3.8, 4) is 17.6 Å². The highest BCUT2D eigenvalue weighted by Gasteiger charge is 2.38. The van der Waals surface area contributed by atoms with Crippen LogP contribution in [0.1, 0.15) is 58.9 Å². The van der Waals surface area contributed by atoms with E-state index in [9.17, 15) is 18.3 Å². The lowest BCUT2D eigenvalue weighted by Crippen LogP contribution is -2.50. The molecule has 0 saturated heterocycles. The smallest absolute Gasteiger partial charge is 0.247 e. The Labute approximate surface area is 204 Å². The summed E-state index contributed by atoms with van der Waals surface area (Å²) in [5.74, 6) is 7.29. The number of hydrogen-bond donors (Lipinski definition) is 1. The number of ether oxygens (including phenoxy) is 1. The molecule has 8 heteroatoms. The molecule has 1 aliphatic heterocycles. The first-order valence-electron chi connectivity index (χ1n) is 12.2. The van der Waals surface area contributed by atoms with Gasteiger partial charge in [0.2, 0.25) is 15.9 Å². The second-order valence-corrected chi connectivity index (χ2v) is 12.1. The van der Waals surface area contributed by atoms with Crippen LogP contribution in [0.4, 0.5) is 0 Å². The number of fused-ring (bicyclic) bond motifs is 1. The van der Waals surface area contributed by atoms with Gasteiger partial charge < -0.3 is 14.7 Å². The summed E-state index contributed by atoms with van der Waals surface area (Å²) in [5.41, 5.74) is 0.682. The van der Waals surface area contributed by atoms with Crippen LogP contribution in [0.5, 0.6) is 5.75 Å². The highest BCUT2D eigenvalue weighted by molar-refractivity contribution is 7.89. The van der Waals surface area contributed by atoms with Crippen LogP contribution in [0.2, 0.25) is 0 Å². The number of sulfonamides is 1. The predicted octanol–water partition coefficient (Wildman–Crippen LogP) is 3.11. The topological polar surface area (TPSA) is 87.2 Å². The van der Waals surface area contributed by atoms with E-state index in [1.54, 1.807) is 31.0 Å². The van der Waals surface area contributed by atoms with E-state index in [0.29, 0.717) is 30.4 Å². The number of aliphatic hydroxyl groups is 1. The van der Waals surface area contributed by atoms with Crippen LogP contribution in [0.3, 0.4) is 0 Å². The fourth-order valence-corrected chi connectivity index (χ4v) is 5.80. The van der Waals surface area contributed by atoms with Gasteiger partial charge in [0, 0.05) is 44.0 Å². The molecule has 1 fully saturated rings. The minimum absolute atomic E-state index is 0.0612. The fourth-order valence-electron chi connectivity index (χ4n) is 3.97. The van der Waals surface area contributed by atoms with Gasteiger partial charge in [0.15, 0.2) is 0 Å². The average molecular weight is 491 g/mol. The van der Waals surface area contributed by atoms with Crippen LogP contribution in [0, 0.1) is 29.6 Å². The minimum Gasteiger partial charge on any atom is -0.487 e. The third-order valence-corrected chi connectivity index (χ3v) is 8.47. The molecule has 34 heavy (non-hydrogen) atoms. The van der Waals surface area contributed by atoms with E-state index in [1.807, 2.05) is 6.92 Å². The maximum atomic E-state index is 13.5. The number of carbonyl (C=O) groups excluding carboxylic acids is 1. The van der Waals surface area contributed by atoms with E-state index in [-0.39, 0.29) is 35.6 Å². The molecule has 1 aromatic rings. The zero-order valence-corrected chi connectivity index (χ0v) is 21.8. The monoisotopic (exact) mass is 490 g/mol. The van der Waals surface area contributed by atoms with Crippen molar-refractivity contribution in [1.82, 2.24) is 9.21 Å². The van der Waals surface area contributed by atoms with Gasteiger partial charge in [-0.25, -0.2) is 8.42 Å². The lowest BCUT2D eigenvalue weighted by molar-refractivity contribution is -0.131. The van der Waals surface area contributed by atoms with E-state index in [4.69, 9.17) is 4.74 Å². The number of likely N-dealkylation sites (N-methyl/N-ethyl adjacent to an activating group) is 1. The van der Waals surface area contributed by atoms with E-state index >= 15 is 0 Å². The zero-order chi connectivity index (χ0) is 25.0. The molecule has 0 unspecified atom stereocenters. The third kappa shape index (κ3) is 6.53. The van der Waals surface area contributed by atoms with E-state index in [1.165, 1.54) is 10.4 Å². The van der Waals surface area contributed by atoms with Crippen LogP contribution in [0.25, 0.3) is 0 Å². The summed E-state index contributed by atoms with van der Waals surface area (Å²) in [5, 5.41) is 9.77. The molecule has 1 aliphatic carbocycles. The molecule has 2 aliphatic rings. The molecule has 3 rings (SSSR count). The van der Waals surface area contributed by atoms with Crippen LogP contribution in [-0.4, -0.2) is 67.5 Å². The maximum absolute atomic E-state index is 13.5. The van der Waals surface area contributed by atoms with Crippen molar-refractivity contribution in [1.29, 1.82) is 0 Å². The highest BCUT2D eigenvalue weighted by Crippen LogP contribution is 2.35. The van der Waals surface area contributed by atoms with Crippen molar-refractivity contribution in [2.24, 2.45) is 17.8 Å². The van der Waals surface area contributed by atoms with Gasteiger partial charge in [-0.05, 0) is 49.8 Å². The summed E-state index contributed by atoms with van der Waals surface area (Å²) < 4.78 is 34.7. The Hall–Kier alpha value is -2.08. The first-order valence-corrected chi connectivity index (χ1v) is 13.6. The molecule has 0 spiro atoms. The van der Waals surface area contributed by atoms with Crippen LogP contribution >= 0.6 is 0 Å². The molecule has 1 aromatic carbocycles. The Kier molecular flexibility index (Phi) is 8.66. The molecule has 188 valence electrons. The highest BCUT2D eigenvalue weighted by atomic mass is 32.2. The molecule has 1 saturated carbocycles. The predicted molar refractivity (Wildman–Crippen MR) is 132 cm³/mol. The van der Waals surface area contributed by atoms with Gasteiger partial charge in [-0.2, -0.15) is 4.31 Å². The number of aliphatic hydroxyl groups excluding tert-OH is 1. The zero-order valence-electron chi connectivity index (χ0n) is 21.0. The SMILES string of the molecule is CC(C)CC#Cc1ccc2c(c1)O[C@H](CN(C)C(=O)CC1CC1)[C@@H](C)CN([C@H](C)CO)S2(=O)=O. The van der Waals surface area contributed by atoms with Crippen molar-refractivity contribution < 1.29 is 23.1 Å². The first kappa shape index (κ1) is 26.5. The summed E-state index contributed by atoms with van der Waals surface area (Å²) in [6.07, 6.45) is 3.10. The summed E-state index contributed by atoms with van der Waals surface area (Å²) in [6, 6.07) is 4.33. The molecule has 0 radical (unpaired) electrons. The minimum atomic E-state index is -3.89. The molecule has 1 heterocycles. The van der Waals surface area contributed by atoms with Crippen LogP contribution in [0.15, 0.2) is 23.1 Å². The van der Waals surface area contributed by atoms with Crippen molar-refractivity contribution in [3.05, 3.63) is 23.8 Å². The Morgan fingerprint density at radius 2 is 2.00 bits per heavy atom. The molecule has 7 nitrogen and oxygen atoms in total. The van der Waals surface area contributed by atoms with Gasteiger partial charge in [-0.3, -0.25) is 4.79 Å². The number of rotatable bonds is 7. The summed E-state index contributed by atoms with van der Waals surface area (Å²) in [4.78, 5) is 14.4. The van der Waals surface area contributed by atoms with Crippen molar-refractivity contribution in [2.75, 3.05) is 26.7 Å². The molecular formula is C26H38N2O5S. The molecule has 0 bridgehead atoms. The third-order valence-electron chi connectivity index (χ3n) is 6.45. The fraction of sp³-hybridized carbons (Fsp3) is 0.654. The Morgan fingerprint density at radius 1 is 1.29 bits per heavy atom. The van der Waals surface area contributed by atoms with Gasteiger partial charge in [-0.1, -0.05) is 32.6 Å². The number of hydrogen-bond acceptors (Lipinski definition) is 5. The van der Waals surface area contributed by atoms with E-state index in [0.717, 1.165) is 19.3 Å². The Bertz CT molecular complexity index is 1040. The number of carbonyl (C=O) groups is 1. The average Bonchev–Trinajstić information content (AvgIpc) is 3.59. The van der Waals surface area contributed by atoms with Crippen LogP contribution < -0.4 is 4.74 Å². The Balaban J connectivity index is 1.97. The lowest BCUT2D eigenvalue weighted by atomic mass is 10.0. The normalized spacial score (nSPS) is 23.0. The molecular weight excluding hydrogens is 452 g/mol. The van der Waals surface area contributed by atoms with E-state index in [2.05, 4.69) is 25.7 Å². The Morgan fingerprint density at radius 3 is 2.62 bits per heavy atom.